The van der Waals surface area contributed by atoms with E-state index < -0.39 is 0 Å². The van der Waals surface area contributed by atoms with Crippen LogP contribution in [-0.4, -0.2) is 10.8 Å². The van der Waals surface area contributed by atoms with Crippen molar-refractivity contribution in [3.05, 3.63) is 35.5 Å². The van der Waals surface area contributed by atoms with Gasteiger partial charge in [0.05, 0.1) is 0 Å². The normalized spacial score (nSPS) is 21.9. The summed E-state index contributed by atoms with van der Waals surface area (Å²) in [6.45, 7) is 6.47. The molecule has 1 N–H and O–H groups in total. The highest BCUT2D eigenvalue weighted by molar-refractivity contribution is 6.10. The van der Waals surface area contributed by atoms with Crippen molar-refractivity contribution in [2.45, 2.75) is 40.0 Å². The lowest BCUT2D eigenvalue weighted by molar-refractivity contribution is 0.0840. The van der Waals surface area contributed by atoms with Crippen LogP contribution in [-0.2, 0) is 0 Å². The van der Waals surface area contributed by atoms with Crippen molar-refractivity contribution < 1.29 is 4.79 Å². The van der Waals surface area contributed by atoms with Crippen LogP contribution >= 0.6 is 0 Å². The molecule has 100 valence electrons. The van der Waals surface area contributed by atoms with E-state index in [0.29, 0.717) is 5.78 Å². The number of para-hydroxylation sites is 1. The van der Waals surface area contributed by atoms with Gasteiger partial charge in [-0.25, -0.2) is 0 Å². The predicted molar refractivity (Wildman–Crippen MR) is 78.5 cm³/mol. The van der Waals surface area contributed by atoms with E-state index in [1.54, 1.807) is 0 Å². The smallest absolute Gasteiger partial charge is 0.168 e. The summed E-state index contributed by atoms with van der Waals surface area (Å²) in [5, 5.41) is 1.08. The van der Waals surface area contributed by atoms with Crippen LogP contribution < -0.4 is 0 Å². The van der Waals surface area contributed by atoms with Crippen LogP contribution in [0.3, 0.4) is 0 Å². The standard InChI is InChI=1S/C17H21NO/c1-11-15(12-7-4-5-9-14(12)18-11)16(19)13-8-6-10-17(13,2)3/h4-5,7,9,13,18H,6,8,10H2,1-3H3. The Labute approximate surface area is 114 Å². The molecule has 0 amide bonds. The fourth-order valence-corrected chi connectivity index (χ4v) is 3.58. The predicted octanol–water partition coefficient (Wildman–Crippen LogP) is 4.49. The molecular formula is C17H21NO. The maximum Gasteiger partial charge on any atom is 0.168 e. The second-order valence-corrected chi connectivity index (χ2v) is 6.47. The molecule has 0 spiro atoms. The summed E-state index contributed by atoms with van der Waals surface area (Å²) < 4.78 is 0. The quantitative estimate of drug-likeness (QED) is 0.788. The first-order valence-corrected chi connectivity index (χ1v) is 7.12. The molecule has 19 heavy (non-hydrogen) atoms. The van der Waals surface area contributed by atoms with Gasteiger partial charge < -0.3 is 4.98 Å². The second-order valence-electron chi connectivity index (χ2n) is 6.47. The molecular weight excluding hydrogens is 234 g/mol. The third kappa shape index (κ3) is 1.90. The van der Waals surface area contributed by atoms with Crippen molar-refractivity contribution in [3.8, 4) is 0 Å². The van der Waals surface area contributed by atoms with Crippen molar-refractivity contribution >= 4 is 16.7 Å². The summed E-state index contributed by atoms with van der Waals surface area (Å²) in [6.07, 6.45) is 3.36. The van der Waals surface area contributed by atoms with Crippen molar-refractivity contribution in [1.82, 2.24) is 4.98 Å². The van der Waals surface area contributed by atoms with Crippen molar-refractivity contribution in [1.29, 1.82) is 0 Å². The summed E-state index contributed by atoms with van der Waals surface area (Å²) in [6, 6.07) is 8.10. The van der Waals surface area contributed by atoms with Crippen LogP contribution in [0.25, 0.3) is 10.9 Å². The van der Waals surface area contributed by atoms with Gasteiger partial charge in [-0.3, -0.25) is 4.79 Å². The Morgan fingerprint density at radius 2 is 2.05 bits per heavy atom. The van der Waals surface area contributed by atoms with Crippen molar-refractivity contribution in [3.63, 3.8) is 0 Å². The molecule has 1 aromatic carbocycles. The van der Waals surface area contributed by atoms with Crippen molar-refractivity contribution in [2.24, 2.45) is 11.3 Å². The highest BCUT2D eigenvalue weighted by Gasteiger charge is 2.40. The fraction of sp³-hybridized carbons (Fsp3) is 0.471. The third-order valence-electron chi connectivity index (χ3n) is 4.71. The average molecular weight is 255 g/mol. The van der Waals surface area contributed by atoms with Crippen LogP contribution in [0.2, 0.25) is 0 Å². The van der Waals surface area contributed by atoms with Gasteiger partial charge in [0, 0.05) is 28.1 Å². The molecule has 1 atom stereocenters. The number of aromatic amines is 1. The van der Waals surface area contributed by atoms with Gasteiger partial charge in [-0.1, -0.05) is 38.5 Å². The SMILES string of the molecule is Cc1[nH]c2ccccc2c1C(=O)C1CCCC1(C)C. The summed E-state index contributed by atoms with van der Waals surface area (Å²) in [7, 11) is 0. The molecule has 0 aliphatic heterocycles. The van der Waals surface area contributed by atoms with Gasteiger partial charge in [0.2, 0.25) is 0 Å². The zero-order valence-electron chi connectivity index (χ0n) is 11.9. The molecule has 1 aromatic heterocycles. The molecule has 2 aromatic rings. The number of Topliss-reactive ketones (excluding diaryl/α,β-unsaturated/α-hetero) is 1. The molecule has 1 saturated carbocycles. The zero-order chi connectivity index (χ0) is 13.6. The third-order valence-corrected chi connectivity index (χ3v) is 4.71. The number of carbonyl (C=O) groups is 1. The second kappa shape index (κ2) is 4.22. The molecule has 1 aliphatic rings. The van der Waals surface area contributed by atoms with Gasteiger partial charge in [-0.2, -0.15) is 0 Å². The molecule has 3 rings (SSSR count). The number of aromatic nitrogens is 1. The lowest BCUT2D eigenvalue weighted by atomic mass is 9.77. The largest absolute Gasteiger partial charge is 0.358 e. The van der Waals surface area contributed by atoms with Gasteiger partial charge in [0.25, 0.3) is 0 Å². The molecule has 0 saturated heterocycles. The van der Waals surface area contributed by atoms with Crippen LogP contribution in [0.5, 0.6) is 0 Å². The monoisotopic (exact) mass is 255 g/mol. The summed E-state index contributed by atoms with van der Waals surface area (Å²) >= 11 is 0. The first kappa shape index (κ1) is 12.5. The first-order chi connectivity index (χ1) is 9.00. The Morgan fingerprint density at radius 3 is 2.74 bits per heavy atom. The van der Waals surface area contributed by atoms with E-state index in [1.807, 2.05) is 31.2 Å². The Kier molecular flexibility index (Phi) is 2.77. The van der Waals surface area contributed by atoms with Gasteiger partial charge in [-0.15, -0.1) is 0 Å². The minimum Gasteiger partial charge on any atom is -0.358 e. The Hall–Kier alpha value is -1.57. The highest BCUT2D eigenvalue weighted by Crippen LogP contribution is 2.45. The number of ketones is 1. The minimum atomic E-state index is 0.141. The maximum atomic E-state index is 12.9. The molecule has 2 heteroatoms. The summed E-state index contributed by atoms with van der Waals surface area (Å²) in [5.41, 5.74) is 3.13. The maximum absolute atomic E-state index is 12.9. The van der Waals surface area contributed by atoms with Crippen LogP contribution in [0, 0.1) is 18.3 Å². The fourth-order valence-electron chi connectivity index (χ4n) is 3.58. The van der Waals surface area contributed by atoms with Gasteiger partial charge in [0.15, 0.2) is 5.78 Å². The van der Waals surface area contributed by atoms with Crippen LogP contribution in [0.4, 0.5) is 0 Å². The highest BCUT2D eigenvalue weighted by atomic mass is 16.1. The van der Waals surface area contributed by atoms with Gasteiger partial charge >= 0.3 is 0 Å². The minimum absolute atomic E-state index is 0.141. The lowest BCUT2D eigenvalue weighted by Crippen LogP contribution is -2.26. The summed E-state index contributed by atoms with van der Waals surface area (Å²) in [4.78, 5) is 16.3. The molecule has 1 aliphatic carbocycles. The average Bonchev–Trinajstić information content (AvgIpc) is 2.87. The number of H-pyrrole nitrogens is 1. The molecule has 0 bridgehead atoms. The number of carbonyl (C=O) groups excluding carboxylic acids is 1. The van der Waals surface area contributed by atoms with Gasteiger partial charge in [0.1, 0.15) is 0 Å². The van der Waals surface area contributed by atoms with E-state index >= 15 is 0 Å². The lowest BCUT2D eigenvalue weighted by Gasteiger charge is -2.25. The van der Waals surface area contributed by atoms with E-state index in [0.717, 1.165) is 35.0 Å². The number of aryl methyl sites for hydroxylation is 1. The van der Waals surface area contributed by atoms with E-state index in [1.165, 1.54) is 6.42 Å². The first-order valence-electron chi connectivity index (χ1n) is 7.12. The van der Waals surface area contributed by atoms with Crippen LogP contribution in [0.15, 0.2) is 24.3 Å². The number of benzene rings is 1. The molecule has 1 unspecified atom stereocenters. The van der Waals surface area contributed by atoms with Crippen molar-refractivity contribution in [2.75, 3.05) is 0 Å². The number of hydrogen-bond donors (Lipinski definition) is 1. The molecule has 1 heterocycles. The number of fused-ring (bicyclic) bond motifs is 1. The van der Waals surface area contributed by atoms with Crippen LogP contribution in [0.1, 0.15) is 49.2 Å². The number of nitrogens with one attached hydrogen (secondary N) is 1. The molecule has 2 nitrogen and oxygen atoms in total. The Balaban J connectivity index is 2.09. The molecule has 1 fully saturated rings. The number of rotatable bonds is 2. The van der Waals surface area contributed by atoms with E-state index in [4.69, 9.17) is 0 Å². The van der Waals surface area contributed by atoms with Gasteiger partial charge in [-0.05, 0) is 31.2 Å². The van der Waals surface area contributed by atoms with E-state index in [-0.39, 0.29) is 11.3 Å². The Morgan fingerprint density at radius 1 is 1.32 bits per heavy atom. The van der Waals surface area contributed by atoms with E-state index in [2.05, 4.69) is 18.8 Å². The summed E-state index contributed by atoms with van der Waals surface area (Å²) in [5.74, 6) is 0.503. The number of hydrogen-bond acceptors (Lipinski definition) is 1. The van der Waals surface area contributed by atoms with E-state index in [9.17, 15) is 4.79 Å². The topological polar surface area (TPSA) is 32.9 Å². The Bertz CT molecular complexity index is 636. The molecule has 0 radical (unpaired) electrons. The zero-order valence-corrected chi connectivity index (χ0v) is 11.9.